The van der Waals surface area contributed by atoms with E-state index in [2.05, 4.69) is 42.5 Å². The van der Waals surface area contributed by atoms with Gasteiger partial charge >= 0.3 is 5.97 Å². The molecule has 2 unspecified atom stereocenters. The zero-order chi connectivity index (χ0) is 28.8. The van der Waals surface area contributed by atoms with Crippen molar-refractivity contribution in [3.05, 3.63) is 112 Å². The summed E-state index contributed by atoms with van der Waals surface area (Å²) < 4.78 is 0. The van der Waals surface area contributed by atoms with Crippen LogP contribution in [0.1, 0.15) is 78.3 Å². The maximum atomic E-state index is 11.5. The molecular weight excluding hydrogens is 550 g/mol. The molecule has 0 radical (unpaired) electrons. The molecule has 1 aromatic heterocycles. The smallest absolute Gasteiger partial charge is 0.303 e. The van der Waals surface area contributed by atoms with Gasteiger partial charge < -0.3 is 10.2 Å². The Morgan fingerprint density at radius 2 is 1.85 bits per heavy atom. The molecule has 1 heterocycles. The molecule has 4 aromatic rings. The first-order valence-electron chi connectivity index (χ1n) is 14.3. The van der Waals surface area contributed by atoms with E-state index in [0.717, 1.165) is 59.2 Å². The van der Waals surface area contributed by atoms with E-state index in [1.54, 1.807) is 0 Å². The van der Waals surface area contributed by atoms with E-state index in [-0.39, 0.29) is 17.1 Å². The molecule has 6 heteroatoms. The monoisotopic (exact) mass is 585 g/mol. The Morgan fingerprint density at radius 3 is 2.63 bits per heavy atom. The maximum Gasteiger partial charge on any atom is 0.303 e. The molecule has 2 N–H and O–H groups in total. The summed E-state index contributed by atoms with van der Waals surface area (Å²) in [6.45, 7) is 2.00. The fourth-order valence-electron chi connectivity index (χ4n) is 5.33. The van der Waals surface area contributed by atoms with Crippen molar-refractivity contribution in [1.82, 2.24) is 4.98 Å². The number of aryl methyl sites for hydroxylation is 1. The molecule has 2 atom stereocenters. The van der Waals surface area contributed by atoms with Crippen molar-refractivity contribution in [3.8, 4) is 0 Å². The van der Waals surface area contributed by atoms with Crippen molar-refractivity contribution in [1.29, 1.82) is 0 Å². The molecule has 1 aliphatic rings. The van der Waals surface area contributed by atoms with Crippen LogP contribution >= 0.6 is 23.4 Å². The third-order valence-electron chi connectivity index (χ3n) is 7.96. The number of thioether (sulfide) groups is 1. The predicted molar refractivity (Wildman–Crippen MR) is 171 cm³/mol. The Labute approximate surface area is 251 Å². The normalized spacial score (nSPS) is 15.7. The van der Waals surface area contributed by atoms with E-state index >= 15 is 0 Å². The molecule has 1 saturated carbocycles. The number of aromatic nitrogens is 1. The van der Waals surface area contributed by atoms with Gasteiger partial charge in [0.2, 0.25) is 0 Å². The Bertz CT molecular complexity index is 1550. The van der Waals surface area contributed by atoms with Gasteiger partial charge in [-0.3, -0.25) is 4.79 Å². The number of carboxylic acids is 1. The highest BCUT2D eigenvalue weighted by molar-refractivity contribution is 7.99. The largest absolute Gasteiger partial charge is 0.481 e. The summed E-state index contributed by atoms with van der Waals surface area (Å²) in [5.74, 6) is 0.131. The standard InChI is InChI=1S/C35H36ClNO3S/c1-2-32(38)30-9-4-3-7-25(30)13-17-33(41-23-35(18-19-35)22-34(39)40)27-8-5-6-24(20-27)10-15-29-16-12-26-11-14-28(36)21-31(26)37-29/h3-12,14-16,20-21,32-33,38H,2,13,17-19,22-23H2,1H3,(H,39,40). The molecule has 4 nitrogen and oxygen atoms in total. The Kier molecular flexibility index (Phi) is 9.49. The van der Waals surface area contributed by atoms with Crippen molar-refractivity contribution < 1.29 is 15.0 Å². The highest BCUT2D eigenvalue weighted by Crippen LogP contribution is 2.53. The van der Waals surface area contributed by atoms with E-state index in [0.29, 0.717) is 11.4 Å². The lowest BCUT2D eigenvalue weighted by Gasteiger charge is -2.22. The first-order valence-corrected chi connectivity index (χ1v) is 15.7. The highest BCUT2D eigenvalue weighted by Gasteiger charge is 2.44. The number of aliphatic carboxylic acids is 1. The SMILES string of the molecule is CCC(O)c1ccccc1CCC(SCC1(CC(=O)O)CC1)c1cccc(C=Cc2ccc3ccc(Cl)cc3n2)c1. The summed E-state index contributed by atoms with van der Waals surface area (Å²) in [6.07, 6.45) is 8.29. The number of hydrogen-bond donors (Lipinski definition) is 2. The fourth-order valence-corrected chi connectivity index (χ4v) is 7.07. The Morgan fingerprint density at radius 1 is 1.05 bits per heavy atom. The lowest BCUT2D eigenvalue weighted by Crippen LogP contribution is -2.12. The lowest BCUT2D eigenvalue weighted by molar-refractivity contribution is -0.138. The van der Waals surface area contributed by atoms with Crippen LogP contribution in [0.3, 0.4) is 0 Å². The van der Waals surface area contributed by atoms with Crippen LogP contribution in [0.15, 0.2) is 78.9 Å². The van der Waals surface area contributed by atoms with Crippen LogP contribution in [0.25, 0.3) is 23.1 Å². The molecule has 1 fully saturated rings. The van der Waals surface area contributed by atoms with Crippen molar-refractivity contribution in [3.63, 3.8) is 0 Å². The number of carbonyl (C=O) groups is 1. The molecule has 0 aliphatic heterocycles. The molecule has 0 saturated heterocycles. The van der Waals surface area contributed by atoms with Crippen LogP contribution in [0.4, 0.5) is 0 Å². The second-order valence-corrected chi connectivity index (χ2v) is 12.7. The van der Waals surface area contributed by atoms with Gasteiger partial charge in [0.15, 0.2) is 0 Å². The number of fused-ring (bicyclic) bond motifs is 1. The minimum atomic E-state index is -0.709. The molecule has 212 valence electrons. The van der Waals surface area contributed by atoms with E-state index in [4.69, 9.17) is 16.6 Å². The van der Waals surface area contributed by atoms with Crippen LogP contribution in [0, 0.1) is 5.41 Å². The van der Waals surface area contributed by atoms with Crippen molar-refractivity contribution in [2.45, 2.75) is 56.8 Å². The summed E-state index contributed by atoms with van der Waals surface area (Å²) >= 11 is 8.04. The lowest BCUT2D eigenvalue weighted by atomic mass is 9.95. The summed E-state index contributed by atoms with van der Waals surface area (Å²) in [4.78, 5) is 16.2. The minimum Gasteiger partial charge on any atom is -0.481 e. The average Bonchev–Trinajstić information content (AvgIpc) is 3.74. The number of benzene rings is 3. The maximum absolute atomic E-state index is 11.5. The van der Waals surface area contributed by atoms with E-state index < -0.39 is 12.1 Å². The van der Waals surface area contributed by atoms with Gasteiger partial charge in [-0.15, -0.1) is 0 Å². The van der Waals surface area contributed by atoms with Crippen LogP contribution in [-0.2, 0) is 11.2 Å². The number of carboxylic acid groups (broad SMARTS) is 1. The van der Waals surface area contributed by atoms with Gasteiger partial charge in [0.25, 0.3) is 0 Å². The Balaban J connectivity index is 1.36. The van der Waals surface area contributed by atoms with Gasteiger partial charge in [0.05, 0.1) is 23.7 Å². The second-order valence-electron chi connectivity index (χ2n) is 11.1. The van der Waals surface area contributed by atoms with Crippen LogP contribution < -0.4 is 0 Å². The van der Waals surface area contributed by atoms with Crippen molar-refractivity contribution in [2.75, 3.05) is 5.75 Å². The number of halogens is 1. The van der Waals surface area contributed by atoms with Gasteiger partial charge in [0, 0.05) is 21.4 Å². The average molecular weight is 586 g/mol. The van der Waals surface area contributed by atoms with Crippen LogP contribution in [-0.4, -0.2) is 26.9 Å². The number of rotatable bonds is 13. The quantitative estimate of drug-likeness (QED) is 0.164. The number of nitrogens with zero attached hydrogens (tertiary/aromatic N) is 1. The topological polar surface area (TPSA) is 70.4 Å². The molecule has 0 amide bonds. The fraction of sp³-hybridized carbons (Fsp3) is 0.314. The van der Waals surface area contributed by atoms with Gasteiger partial charge in [-0.1, -0.05) is 85.3 Å². The first kappa shape index (κ1) is 29.4. The van der Waals surface area contributed by atoms with Crippen LogP contribution in [0.5, 0.6) is 0 Å². The zero-order valence-electron chi connectivity index (χ0n) is 23.3. The molecule has 0 bridgehead atoms. The predicted octanol–water partition coefficient (Wildman–Crippen LogP) is 9.16. The molecule has 0 spiro atoms. The van der Waals surface area contributed by atoms with Crippen molar-refractivity contribution in [2.24, 2.45) is 5.41 Å². The third kappa shape index (κ3) is 7.79. The zero-order valence-corrected chi connectivity index (χ0v) is 24.9. The molecular formula is C35H36ClNO3S. The first-order chi connectivity index (χ1) is 19.8. The molecule has 5 rings (SSSR count). The number of pyridine rings is 1. The minimum absolute atomic E-state index is 0.0762. The third-order valence-corrected chi connectivity index (χ3v) is 9.88. The summed E-state index contributed by atoms with van der Waals surface area (Å²) in [5, 5.41) is 22.0. The molecule has 1 aliphatic carbocycles. The van der Waals surface area contributed by atoms with Gasteiger partial charge in [-0.05, 0) is 84.0 Å². The number of aliphatic hydroxyl groups excluding tert-OH is 1. The van der Waals surface area contributed by atoms with Gasteiger partial charge in [0.1, 0.15) is 0 Å². The molecule has 41 heavy (non-hydrogen) atoms. The summed E-state index contributed by atoms with van der Waals surface area (Å²) in [6, 6.07) is 26.6. The van der Waals surface area contributed by atoms with Gasteiger partial charge in [-0.2, -0.15) is 11.8 Å². The van der Waals surface area contributed by atoms with Crippen molar-refractivity contribution >= 4 is 52.4 Å². The van der Waals surface area contributed by atoms with Crippen LogP contribution in [0.2, 0.25) is 5.02 Å². The van der Waals surface area contributed by atoms with E-state index in [9.17, 15) is 15.0 Å². The number of hydrogen-bond acceptors (Lipinski definition) is 4. The summed E-state index contributed by atoms with van der Waals surface area (Å²) in [7, 11) is 0. The highest BCUT2D eigenvalue weighted by atomic mass is 35.5. The van der Waals surface area contributed by atoms with E-state index in [1.165, 1.54) is 11.1 Å². The number of aliphatic hydroxyl groups is 1. The van der Waals surface area contributed by atoms with E-state index in [1.807, 2.05) is 67.2 Å². The van der Waals surface area contributed by atoms with Gasteiger partial charge in [-0.25, -0.2) is 4.98 Å². The Hall–Kier alpha value is -3.12. The second kappa shape index (κ2) is 13.2. The molecule has 3 aromatic carbocycles. The summed E-state index contributed by atoms with van der Waals surface area (Å²) in [5.41, 5.74) is 6.17.